The molecular weight excluding hydrogens is 387 g/mol. The number of alkyl halides is 3. The van der Waals surface area contributed by atoms with Gasteiger partial charge in [-0.05, 0) is 42.3 Å². The van der Waals surface area contributed by atoms with Crippen LogP contribution in [-0.2, 0) is 12.6 Å². The standard InChI is InChI=1S/C20H24F3N3O3/c1-26(2)14-6-7-16(15(12-14)20(21,22)23)25-19(27)24-10-9-13-5-8-17(28-3)18(11-13)29-4/h5-8,11-12H,9-10H2,1-4H3,(H2,24,25,27). The molecule has 158 valence electrons. The Labute approximate surface area is 167 Å². The molecule has 2 amide bonds. The fraction of sp³-hybridized carbons (Fsp3) is 0.350. The Morgan fingerprint density at radius 1 is 1.03 bits per heavy atom. The fourth-order valence-electron chi connectivity index (χ4n) is 2.68. The van der Waals surface area contributed by atoms with Crippen molar-refractivity contribution >= 4 is 17.4 Å². The number of carbonyl (C=O) groups is 1. The first-order chi connectivity index (χ1) is 13.7. The molecule has 0 fully saturated rings. The number of rotatable bonds is 7. The molecule has 0 spiro atoms. The largest absolute Gasteiger partial charge is 0.493 e. The number of ether oxygens (including phenoxy) is 2. The highest BCUT2D eigenvalue weighted by Crippen LogP contribution is 2.37. The predicted octanol–water partition coefficient (Wildman–Crippen LogP) is 4.15. The molecule has 0 aliphatic carbocycles. The van der Waals surface area contributed by atoms with Crippen LogP contribution >= 0.6 is 0 Å². The molecule has 0 aliphatic heterocycles. The van der Waals surface area contributed by atoms with Crippen LogP contribution in [0.5, 0.6) is 11.5 Å². The minimum Gasteiger partial charge on any atom is -0.493 e. The van der Waals surface area contributed by atoms with E-state index in [0.29, 0.717) is 23.6 Å². The smallest absolute Gasteiger partial charge is 0.418 e. The first kappa shape index (κ1) is 22.2. The molecule has 0 aromatic heterocycles. The van der Waals surface area contributed by atoms with Gasteiger partial charge in [-0.3, -0.25) is 0 Å². The highest BCUT2D eigenvalue weighted by Gasteiger charge is 2.34. The van der Waals surface area contributed by atoms with Gasteiger partial charge < -0.3 is 25.0 Å². The maximum absolute atomic E-state index is 13.3. The third kappa shape index (κ3) is 5.94. The van der Waals surface area contributed by atoms with Crippen molar-refractivity contribution in [2.45, 2.75) is 12.6 Å². The second-order valence-electron chi connectivity index (χ2n) is 6.44. The van der Waals surface area contributed by atoms with Crippen LogP contribution in [0.3, 0.4) is 0 Å². The molecule has 2 aromatic carbocycles. The Morgan fingerprint density at radius 3 is 2.31 bits per heavy atom. The van der Waals surface area contributed by atoms with E-state index in [1.165, 1.54) is 26.4 Å². The number of hydrogen-bond donors (Lipinski definition) is 2. The molecule has 0 bridgehead atoms. The normalized spacial score (nSPS) is 11.0. The van der Waals surface area contributed by atoms with Gasteiger partial charge in [0.05, 0.1) is 25.5 Å². The zero-order valence-electron chi connectivity index (χ0n) is 16.7. The second-order valence-corrected chi connectivity index (χ2v) is 6.44. The van der Waals surface area contributed by atoms with Crippen molar-refractivity contribution in [1.29, 1.82) is 0 Å². The monoisotopic (exact) mass is 411 g/mol. The van der Waals surface area contributed by atoms with E-state index >= 15 is 0 Å². The van der Waals surface area contributed by atoms with E-state index in [0.717, 1.165) is 11.6 Å². The Balaban J connectivity index is 2.01. The lowest BCUT2D eigenvalue weighted by molar-refractivity contribution is -0.136. The maximum Gasteiger partial charge on any atom is 0.418 e. The number of nitrogens with one attached hydrogen (secondary N) is 2. The van der Waals surface area contributed by atoms with E-state index in [1.807, 2.05) is 6.07 Å². The summed E-state index contributed by atoms with van der Waals surface area (Å²) >= 11 is 0. The second kappa shape index (κ2) is 9.40. The lowest BCUT2D eigenvalue weighted by Crippen LogP contribution is -2.31. The molecule has 6 nitrogen and oxygen atoms in total. The Kier molecular flexibility index (Phi) is 7.19. The first-order valence-electron chi connectivity index (χ1n) is 8.80. The summed E-state index contributed by atoms with van der Waals surface area (Å²) in [6.45, 7) is 0.235. The number of benzene rings is 2. The number of hydrogen-bond acceptors (Lipinski definition) is 4. The van der Waals surface area contributed by atoms with Crippen molar-refractivity contribution in [1.82, 2.24) is 5.32 Å². The van der Waals surface area contributed by atoms with Crippen molar-refractivity contribution in [3.63, 3.8) is 0 Å². The van der Waals surface area contributed by atoms with Gasteiger partial charge >= 0.3 is 12.2 Å². The van der Waals surface area contributed by atoms with Gasteiger partial charge in [-0.2, -0.15) is 13.2 Å². The summed E-state index contributed by atoms with van der Waals surface area (Å²) < 4.78 is 50.4. The van der Waals surface area contributed by atoms with Crippen molar-refractivity contribution in [2.75, 3.05) is 45.1 Å². The highest BCUT2D eigenvalue weighted by molar-refractivity contribution is 5.90. The lowest BCUT2D eigenvalue weighted by Gasteiger charge is -2.19. The maximum atomic E-state index is 13.3. The molecule has 0 saturated carbocycles. The molecule has 0 atom stereocenters. The summed E-state index contributed by atoms with van der Waals surface area (Å²) in [6, 6.07) is 8.38. The number of urea groups is 1. The van der Waals surface area contributed by atoms with Crippen LogP contribution in [0, 0.1) is 0 Å². The fourth-order valence-corrected chi connectivity index (χ4v) is 2.68. The molecule has 2 N–H and O–H groups in total. The van der Waals surface area contributed by atoms with E-state index < -0.39 is 17.8 Å². The third-order valence-corrected chi connectivity index (χ3v) is 4.22. The van der Waals surface area contributed by atoms with Gasteiger partial charge in [-0.15, -0.1) is 0 Å². The van der Waals surface area contributed by atoms with Crippen molar-refractivity contribution in [3.8, 4) is 11.5 Å². The van der Waals surface area contributed by atoms with E-state index in [4.69, 9.17) is 9.47 Å². The molecule has 2 rings (SSSR count). The van der Waals surface area contributed by atoms with E-state index in [9.17, 15) is 18.0 Å². The van der Waals surface area contributed by atoms with Gasteiger partial charge in [0.1, 0.15) is 0 Å². The molecule has 2 aromatic rings. The number of methoxy groups -OCH3 is 2. The van der Waals surface area contributed by atoms with Crippen LogP contribution in [0.1, 0.15) is 11.1 Å². The molecule has 0 radical (unpaired) electrons. The zero-order valence-corrected chi connectivity index (χ0v) is 16.7. The van der Waals surface area contributed by atoms with Gasteiger partial charge in [0, 0.05) is 26.3 Å². The summed E-state index contributed by atoms with van der Waals surface area (Å²) in [5.74, 6) is 1.15. The number of carbonyl (C=O) groups excluding carboxylic acids is 1. The molecule has 9 heteroatoms. The van der Waals surface area contributed by atoms with Crippen molar-refractivity contribution in [3.05, 3.63) is 47.5 Å². The average molecular weight is 411 g/mol. The zero-order chi connectivity index (χ0) is 21.6. The molecule has 29 heavy (non-hydrogen) atoms. The Bertz CT molecular complexity index is 855. The number of halogens is 3. The molecule has 0 heterocycles. The lowest BCUT2D eigenvalue weighted by atomic mass is 10.1. The minimum atomic E-state index is -4.59. The number of nitrogens with zero attached hydrogens (tertiary/aromatic N) is 1. The van der Waals surface area contributed by atoms with Crippen LogP contribution in [0.25, 0.3) is 0 Å². The quantitative estimate of drug-likeness (QED) is 0.719. The van der Waals surface area contributed by atoms with E-state index in [-0.39, 0.29) is 12.2 Å². The Hall–Kier alpha value is -3.10. The van der Waals surface area contributed by atoms with E-state index in [2.05, 4.69) is 10.6 Å². The van der Waals surface area contributed by atoms with Crippen molar-refractivity contribution in [2.24, 2.45) is 0 Å². The van der Waals surface area contributed by atoms with Crippen molar-refractivity contribution < 1.29 is 27.4 Å². The van der Waals surface area contributed by atoms with Gasteiger partial charge in [0.2, 0.25) is 0 Å². The first-order valence-corrected chi connectivity index (χ1v) is 8.80. The molecule has 0 saturated heterocycles. The van der Waals surface area contributed by atoms with Crippen LogP contribution in [0.2, 0.25) is 0 Å². The molecule has 0 unspecified atom stereocenters. The van der Waals surface area contributed by atoms with Crippen LogP contribution in [-0.4, -0.2) is 40.9 Å². The van der Waals surface area contributed by atoms with Crippen LogP contribution in [0.4, 0.5) is 29.3 Å². The topological polar surface area (TPSA) is 62.8 Å². The SMILES string of the molecule is COc1ccc(CCNC(=O)Nc2ccc(N(C)C)cc2C(F)(F)F)cc1OC. The average Bonchev–Trinajstić information content (AvgIpc) is 2.67. The Morgan fingerprint density at radius 2 is 1.72 bits per heavy atom. The minimum absolute atomic E-state index is 0.235. The summed E-state index contributed by atoms with van der Waals surface area (Å²) in [6.07, 6.45) is -4.12. The van der Waals surface area contributed by atoms with E-state index in [1.54, 1.807) is 31.1 Å². The van der Waals surface area contributed by atoms with Gasteiger partial charge in [0.25, 0.3) is 0 Å². The number of anilines is 2. The summed E-state index contributed by atoms with van der Waals surface area (Å²) in [5.41, 5.74) is 0.0662. The van der Waals surface area contributed by atoms with Gasteiger partial charge in [-0.1, -0.05) is 6.07 Å². The summed E-state index contributed by atoms with van der Waals surface area (Å²) in [5, 5.41) is 4.84. The van der Waals surface area contributed by atoms with Gasteiger partial charge in [-0.25, -0.2) is 4.79 Å². The molecule has 0 aliphatic rings. The summed E-state index contributed by atoms with van der Waals surface area (Å²) in [4.78, 5) is 13.6. The number of amides is 2. The molecular formula is C20H24F3N3O3. The van der Waals surface area contributed by atoms with Crippen LogP contribution < -0.4 is 25.0 Å². The summed E-state index contributed by atoms with van der Waals surface area (Å²) in [7, 11) is 6.34. The predicted molar refractivity (Wildman–Crippen MR) is 106 cm³/mol. The third-order valence-electron chi connectivity index (χ3n) is 4.22. The van der Waals surface area contributed by atoms with Gasteiger partial charge in [0.15, 0.2) is 11.5 Å². The highest BCUT2D eigenvalue weighted by atomic mass is 19.4. The van der Waals surface area contributed by atoms with Crippen LogP contribution in [0.15, 0.2) is 36.4 Å².